The van der Waals surface area contributed by atoms with Crippen molar-refractivity contribution >= 4 is 0 Å². The predicted octanol–water partition coefficient (Wildman–Crippen LogP) is 10.5. The van der Waals surface area contributed by atoms with Crippen molar-refractivity contribution in [3.63, 3.8) is 0 Å². The minimum absolute atomic E-state index is 0.218. The highest BCUT2D eigenvalue weighted by atomic mass is 19.4. The molecule has 0 N–H and O–H groups in total. The molecule has 0 saturated carbocycles. The Morgan fingerprint density at radius 1 is 0.447 bits per heavy atom. The van der Waals surface area contributed by atoms with Crippen molar-refractivity contribution in [2.45, 2.75) is 38.2 Å². The zero-order valence-corrected chi connectivity index (χ0v) is 23.2. The van der Waals surface area contributed by atoms with E-state index in [9.17, 15) is 65.9 Å². The third kappa shape index (κ3) is 7.07. The first-order chi connectivity index (χ1) is 21.5. The van der Waals surface area contributed by atoms with Crippen LogP contribution in [0.25, 0.3) is 0 Å². The molecule has 0 heterocycles. The number of alkyl halides is 7. The van der Waals surface area contributed by atoms with Gasteiger partial charge in [0.25, 0.3) is 0 Å². The molecule has 17 heteroatoms. The van der Waals surface area contributed by atoms with E-state index in [2.05, 4.69) is 9.47 Å². The second-order valence-electron chi connectivity index (χ2n) is 9.95. The van der Waals surface area contributed by atoms with Crippen molar-refractivity contribution in [1.29, 1.82) is 0 Å². The van der Waals surface area contributed by atoms with Gasteiger partial charge in [-0.3, -0.25) is 0 Å². The summed E-state index contributed by atoms with van der Waals surface area (Å²) in [6.07, 6.45) is -15.5. The molecule has 1 unspecified atom stereocenters. The van der Waals surface area contributed by atoms with E-state index in [1.165, 1.54) is 0 Å². The molecule has 47 heavy (non-hydrogen) atoms. The molecule has 0 fully saturated rings. The Morgan fingerprint density at radius 2 is 0.723 bits per heavy atom. The highest BCUT2D eigenvalue weighted by molar-refractivity contribution is 5.40. The van der Waals surface area contributed by atoms with Gasteiger partial charge < -0.3 is 9.47 Å². The van der Waals surface area contributed by atoms with E-state index in [4.69, 9.17) is 0 Å². The fourth-order valence-electron chi connectivity index (χ4n) is 4.39. The highest BCUT2D eigenvalue weighted by Crippen LogP contribution is 2.41. The molecule has 4 aromatic rings. The van der Waals surface area contributed by atoms with Crippen molar-refractivity contribution in [3.05, 3.63) is 128 Å². The number of halogens is 15. The van der Waals surface area contributed by atoms with Crippen LogP contribution < -0.4 is 9.47 Å². The molecule has 0 aliphatic carbocycles. The zero-order chi connectivity index (χ0) is 35.4. The molecule has 252 valence electrons. The van der Waals surface area contributed by atoms with E-state index >= 15 is 0 Å². The van der Waals surface area contributed by atoms with Gasteiger partial charge in [-0.2, -0.15) is 30.7 Å². The van der Waals surface area contributed by atoms with Gasteiger partial charge in [0.2, 0.25) is 0 Å². The Hall–Kier alpha value is -4.57. The van der Waals surface area contributed by atoms with Gasteiger partial charge in [-0.05, 0) is 42.3 Å². The van der Waals surface area contributed by atoms with Gasteiger partial charge in [0.15, 0.2) is 0 Å². The number of rotatable bonds is 8. The molecule has 0 bridgehead atoms. The maximum Gasteiger partial charge on any atom is 0.432 e. The van der Waals surface area contributed by atoms with E-state index in [1.54, 1.807) is 0 Å². The molecule has 4 rings (SSSR count). The van der Waals surface area contributed by atoms with Crippen LogP contribution in [0.3, 0.4) is 0 Å². The van der Waals surface area contributed by atoms with Crippen LogP contribution in [0.1, 0.15) is 46.2 Å². The minimum atomic E-state index is -5.57. The summed E-state index contributed by atoms with van der Waals surface area (Å²) in [5.41, 5.74) is -8.38. The van der Waals surface area contributed by atoms with Crippen molar-refractivity contribution in [1.82, 2.24) is 0 Å². The monoisotopic (exact) mass is 692 g/mol. The van der Waals surface area contributed by atoms with Crippen LogP contribution in [-0.4, -0.2) is 0 Å². The normalized spacial score (nSPS) is 13.1. The SMILES string of the molecule is Cc1c(F)cc(OC(F)(F)c2c(F)cc(C(C)c3cc(F)c(C(F)(F)Oc4cc(F)c(C(F)(F)F)c(F)c4)c(F)c3)cc2F)cc1F. The standard InChI is InChI=1S/C30H15F15O2/c1-11(13-3-19(33)26(20(34)4-13)29(42,43)46-15-7-17(31)12(2)18(32)8-15)14-5-21(35)27(22(36)6-14)30(44,45)47-16-9-23(37)25(24(38)10-16)28(39,40)41/h3-11H,1-2H3. The highest BCUT2D eigenvalue weighted by Gasteiger charge is 2.44. The third-order valence-electron chi connectivity index (χ3n) is 6.76. The van der Waals surface area contributed by atoms with Crippen LogP contribution in [-0.2, 0) is 18.4 Å². The Labute approximate surface area is 254 Å². The summed E-state index contributed by atoms with van der Waals surface area (Å²) in [6.45, 7) is 2.00. The van der Waals surface area contributed by atoms with Crippen molar-refractivity contribution < 1.29 is 75.3 Å². The number of hydrogen-bond donors (Lipinski definition) is 0. The lowest BCUT2D eigenvalue weighted by Crippen LogP contribution is -2.26. The maximum absolute atomic E-state index is 14.8. The van der Waals surface area contributed by atoms with Gasteiger partial charge in [-0.15, -0.1) is 0 Å². The molecule has 0 saturated heterocycles. The van der Waals surface area contributed by atoms with Crippen LogP contribution in [0.5, 0.6) is 11.5 Å². The van der Waals surface area contributed by atoms with Gasteiger partial charge in [0.05, 0.1) is 0 Å². The molecule has 0 aliphatic heterocycles. The first-order valence-electron chi connectivity index (χ1n) is 12.7. The van der Waals surface area contributed by atoms with Gasteiger partial charge >= 0.3 is 18.4 Å². The second-order valence-corrected chi connectivity index (χ2v) is 9.95. The molecular formula is C30H15F15O2. The lowest BCUT2D eigenvalue weighted by Gasteiger charge is -2.22. The van der Waals surface area contributed by atoms with Gasteiger partial charge in [0, 0.05) is 35.7 Å². The smallest absolute Gasteiger partial charge is 0.429 e. The topological polar surface area (TPSA) is 18.5 Å². The molecule has 1 atom stereocenters. The summed E-state index contributed by atoms with van der Waals surface area (Å²) < 4.78 is 219. The average molecular weight is 692 g/mol. The van der Waals surface area contributed by atoms with E-state index in [0.717, 1.165) is 13.8 Å². The minimum Gasteiger partial charge on any atom is -0.429 e. The largest absolute Gasteiger partial charge is 0.432 e. The van der Waals surface area contributed by atoms with E-state index in [1.807, 2.05) is 0 Å². The molecule has 4 aromatic carbocycles. The Bertz CT molecular complexity index is 1760. The quantitative estimate of drug-likeness (QED) is 0.171. The molecule has 0 aromatic heterocycles. The lowest BCUT2D eigenvalue weighted by molar-refractivity contribution is -0.190. The van der Waals surface area contributed by atoms with Crippen LogP contribution in [0.2, 0.25) is 0 Å². The predicted molar refractivity (Wildman–Crippen MR) is 132 cm³/mol. The van der Waals surface area contributed by atoms with Crippen LogP contribution >= 0.6 is 0 Å². The number of benzene rings is 4. The van der Waals surface area contributed by atoms with Gasteiger partial charge in [-0.25, -0.2) is 35.1 Å². The van der Waals surface area contributed by atoms with E-state index < -0.39 is 116 Å². The molecule has 0 radical (unpaired) electrons. The summed E-state index contributed by atoms with van der Waals surface area (Å²) >= 11 is 0. The summed E-state index contributed by atoms with van der Waals surface area (Å²) in [4.78, 5) is 0. The Balaban J connectivity index is 1.63. The Kier molecular flexibility index (Phi) is 9.18. The molecular weight excluding hydrogens is 677 g/mol. The van der Waals surface area contributed by atoms with Crippen LogP contribution in [0.15, 0.2) is 48.5 Å². The van der Waals surface area contributed by atoms with Gasteiger partial charge in [0.1, 0.15) is 74.7 Å². The number of ether oxygens (including phenoxy) is 2. The lowest BCUT2D eigenvalue weighted by atomic mass is 9.91. The number of hydrogen-bond acceptors (Lipinski definition) is 2. The van der Waals surface area contributed by atoms with E-state index in [-0.39, 0.29) is 36.4 Å². The average Bonchev–Trinajstić information content (AvgIpc) is 2.88. The van der Waals surface area contributed by atoms with Crippen molar-refractivity contribution in [3.8, 4) is 11.5 Å². The first kappa shape index (κ1) is 35.3. The molecule has 0 amide bonds. The Morgan fingerprint density at radius 3 is 1.02 bits per heavy atom. The fourth-order valence-corrected chi connectivity index (χ4v) is 4.39. The summed E-state index contributed by atoms with van der Waals surface area (Å²) in [7, 11) is 0. The third-order valence-corrected chi connectivity index (χ3v) is 6.76. The summed E-state index contributed by atoms with van der Waals surface area (Å²) in [6, 6.07) is 1.07. The second kappa shape index (κ2) is 12.2. The maximum atomic E-state index is 14.8. The zero-order valence-electron chi connectivity index (χ0n) is 23.2. The van der Waals surface area contributed by atoms with Crippen LogP contribution in [0.4, 0.5) is 65.9 Å². The van der Waals surface area contributed by atoms with Gasteiger partial charge in [-0.1, -0.05) is 6.92 Å². The van der Waals surface area contributed by atoms with Crippen molar-refractivity contribution in [2.75, 3.05) is 0 Å². The summed E-state index contributed by atoms with van der Waals surface area (Å²) in [5, 5.41) is 0. The first-order valence-corrected chi connectivity index (χ1v) is 12.7. The van der Waals surface area contributed by atoms with Crippen molar-refractivity contribution in [2.24, 2.45) is 0 Å². The summed E-state index contributed by atoms with van der Waals surface area (Å²) in [5.74, 6) is -19.8. The van der Waals surface area contributed by atoms with Crippen LogP contribution in [0, 0.1) is 53.5 Å². The fraction of sp³-hybridized carbons (Fsp3) is 0.200. The molecule has 0 spiro atoms. The molecule has 2 nitrogen and oxygen atoms in total. The molecule has 0 aliphatic rings. The van der Waals surface area contributed by atoms with E-state index in [0.29, 0.717) is 12.1 Å².